The number of unbranched alkanes of at least 4 members (excludes halogenated alkanes) is 1. The van der Waals surface area contributed by atoms with E-state index in [0.717, 1.165) is 21.9 Å². The summed E-state index contributed by atoms with van der Waals surface area (Å²) in [4.78, 5) is 0.202. The molecule has 0 spiro atoms. The molecule has 0 amide bonds. The Labute approximate surface area is 163 Å². The Bertz CT molecular complexity index is 926. The van der Waals surface area contributed by atoms with E-state index in [-0.39, 0.29) is 11.4 Å². The molecular weight excluding hydrogens is 440 g/mol. The Morgan fingerprint density at radius 1 is 0.769 bits per heavy atom. The van der Waals surface area contributed by atoms with Crippen molar-refractivity contribution in [2.75, 3.05) is 19.3 Å². The van der Waals surface area contributed by atoms with Crippen LogP contribution in [0.5, 0.6) is 0 Å². The Hall–Kier alpha value is -1.26. The van der Waals surface area contributed by atoms with Crippen molar-refractivity contribution < 1.29 is 16.8 Å². The number of benzene rings is 2. The van der Waals surface area contributed by atoms with Gasteiger partial charge in [0.25, 0.3) is 0 Å². The molecule has 0 saturated carbocycles. The van der Waals surface area contributed by atoms with Crippen LogP contribution in [0.25, 0.3) is 11.1 Å². The van der Waals surface area contributed by atoms with Crippen molar-refractivity contribution in [1.29, 1.82) is 0 Å². The SMILES string of the molecule is CS(=O)(=O)NCCCCNS(=O)(=O)c1ccc(-c2ccc(Br)cc2)cc1. The minimum absolute atomic E-state index is 0.202. The first-order valence-corrected chi connectivity index (χ1v) is 12.1. The largest absolute Gasteiger partial charge is 0.240 e. The molecule has 0 aliphatic heterocycles. The molecule has 0 aliphatic rings. The van der Waals surface area contributed by atoms with Crippen molar-refractivity contribution in [3.05, 3.63) is 53.0 Å². The van der Waals surface area contributed by atoms with Gasteiger partial charge in [-0.25, -0.2) is 26.3 Å². The molecule has 0 aliphatic carbocycles. The third-order valence-electron chi connectivity index (χ3n) is 3.60. The van der Waals surface area contributed by atoms with Gasteiger partial charge < -0.3 is 0 Å². The monoisotopic (exact) mass is 460 g/mol. The van der Waals surface area contributed by atoms with E-state index in [1.807, 2.05) is 24.3 Å². The molecule has 26 heavy (non-hydrogen) atoms. The lowest BCUT2D eigenvalue weighted by atomic mass is 10.1. The van der Waals surface area contributed by atoms with E-state index in [4.69, 9.17) is 0 Å². The van der Waals surface area contributed by atoms with Crippen molar-refractivity contribution in [2.45, 2.75) is 17.7 Å². The molecular formula is C17H21BrN2O4S2. The maximum absolute atomic E-state index is 12.3. The van der Waals surface area contributed by atoms with Gasteiger partial charge >= 0.3 is 0 Å². The highest BCUT2D eigenvalue weighted by atomic mass is 79.9. The van der Waals surface area contributed by atoms with Gasteiger partial charge in [0, 0.05) is 17.6 Å². The van der Waals surface area contributed by atoms with Crippen LogP contribution < -0.4 is 9.44 Å². The zero-order valence-corrected chi connectivity index (χ0v) is 17.5. The second kappa shape index (κ2) is 9.09. The fourth-order valence-electron chi connectivity index (χ4n) is 2.27. The topological polar surface area (TPSA) is 92.3 Å². The lowest BCUT2D eigenvalue weighted by molar-refractivity contribution is 0.570. The summed E-state index contributed by atoms with van der Waals surface area (Å²) in [6, 6.07) is 14.5. The average Bonchev–Trinajstić information content (AvgIpc) is 2.58. The summed E-state index contributed by atoms with van der Waals surface area (Å²) in [5.41, 5.74) is 1.94. The second-order valence-corrected chi connectivity index (χ2v) is 10.3. The van der Waals surface area contributed by atoms with Gasteiger partial charge in [0.05, 0.1) is 11.2 Å². The molecule has 2 N–H and O–H groups in total. The van der Waals surface area contributed by atoms with E-state index in [2.05, 4.69) is 25.4 Å². The summed E-state index contributed by atoms with van der Waals surface area (Å²) < 4.78 is 52.3. The molecule has 0 radical (unpaired) electrons. The summed E-state index contributed by atoms with van der Waals surface area (Å²) >= 11 is 3.38. The van der Waals surface area contributed by atoms with Crippen LogP contribution in [0, 0.1) is 0 Å². The van der Waals surface area contributed by atoms with Gasteiger partial charge in [-0.15, -0.1) is 0 Å². The lowest BCUT2D eigenvalue weighted by Gasteiger charge is -2.08. The zero-order chi connectivity index (χ0) is 19.2. The summed E-state index contributed by atoms with van der Waals surface area (Å²) in [6.07, 6.45) is 2.18. The minimum Gasteiger partial charge on any atom is -0.215 e. The van der Waals surface area contributed by atoms with Gasteiger partial charge in [-0.05, 0) is 48.2 Å². The molecule has 0 fully saturated rings. The van der Waals surface area contributed by atoms with E-state index in [1.165, 1.54) is 0 Å². The van der Waals surface area contributed by atoms with Gasteiger partial charge in [-0.1, -0.05) is 40.2 Å². The number of sulfonamides is 2. The number of hydrogen-bond acceptors (Lipinski definition) is 4. The first kappa shape index (κ1) is 21.0. The molecule has 0 unspecified atom stereocenters. The molecule has 2 aromatic rings. The highest BCUT2D eigenvalue weighted by molar-refractivity contribution is 9.10. The first-order chi connectivity index (χ1) is 12.2. The average molecular weight is 461 g/mol. The lowest BCUT2D eigenvalue weighted by Crippen LogP contribution is -2.27. The van der Waals surface area contributed by atoms with Gasteiger partial charge in [0.15, 0.2) is 0 Å². The minimum atomic E-state index is -3.58. The van der Waals surface area contributed by atoms with E-state index in [1.54, 1.807) is 24.3 Å². The maximum Gasteiger partial charge on any atom is 0.240 e. The van der Waals surface area contributed by atoms with Crippen LogP contribution in [0.3, 0.4) is 0 Å². The zero-order valence-electron chi connectivity index (χ0n) is 14.3. The van der Waals surface area contributed by atoms with Crippen LogP contribution >= 0.6 is 15.9 Å². The van der Waals surface area contributed by atoms with Crippen molar-refractivity contribution in [2.24, 2.45) is 0 Å². The van der Waals surface area contributed by atoms with Gasteiger partial charge in [-0.2, -0.15) is 0 Å². The molecule has 2 rings (SSSR count). The highest BCUT2D eigenvalue weighted by Crippen LogP contribution is 2.23. The second-order valence-electron chi connectivity index (χ2n) is 5.80. The third-order valence-corrected chi connectivity index (χ3v) is 6.34. The van der Waals surface area contributed by atoms with Crippen LogP contribution in [0.4, 0.5) is 0 Å². The number of halogens is 1. The fraction of sp³-hybridized carbons (Fsp3) is 0.294. The van der Waals surface area contributed by atoms with E-state index in [0.29, 0.717) is 19.4 Å². The predicted molar refractivity (Wildman–Crippen MR) is 107 cm³/mol. The van der Waals surface area contributed by atoms with Crippen molar-refractivity contribution in [3.63, 3.8) is 0 Å². The normalized spacial score (nSPS) is 12.2. The Kier molecular flexibility index (Phi) is 7.36. The fourth-order valence-corrected chi connectivity index (χ4v) is 4.12. The van der Waals surface area contributed by atoms with E-state index in [9.17, 15) is 16.8 Å². The smallest absolute Gasteiger partial charge is 0.215 e. The summed E-state index contributed by atoms with van der Waals surface area (Å²) in [7, 11) is -6.78. The molecule has 9 heteroatoms. The third kappa shape index (κ3) is 6.81. The number of rotatable bonds is 9. The molecule has 0 aromatic heterocycles. The summed E-state index contributed by atoms with van der Waals surface area (Å²) in [5, 5.41) is 0. The van der Waals surface area contributed by atoms with Crippen LogP contribution in [0.15, 0.2) is 57.9 Å². The molecule has 0 atom stereocenters. The van der Waals surface area contributed by atoms with Gasteiger partial charge in [0.2, 0.25) is 20.0 Å². The first-order valence-electron chi connectivity index (χ1n) is 7.98. The summed E-state index contributed by atoms with van der Waals surface area (Å²) in [6.45, 7) is 0.546. The van der Waals surface area contributed by atoms with Crippen LogP contribution in [-0.4, -0.2) is 36.2 Å². The van der Waals surface area contributed by atoms with Crippen molar-refractivity contribution in [1.82, 2.24) is 9.44 Å². The van der Waals surface area contributed by atoms with Crippen molar-refractivity contribution in [3.8, 4) is 11.1 Å². The molecule has 0 bridgehead atoms. The van der Waals surface area contributed by atoms with Crippen LogP contribution in [-0.2, 0) is 20.0 Å². The van der Waals surface area contributed by atoms with Crippen LogP contribution in [0.2, 0.25) is 0 Å². The maximum atomic E-state index is 12.3. The molecule has 142 valence electrons. The van der Waals surface area contributed by atoms with E-state index >= 15 is 0 Å². The van der Waals surface area contributed by atoms with E-state index < -0.39 is 20.0 Å². The molecule has 6 nitrogen and oxygen atoms in total. The van der Waals surface area contributed by atoms with Crippen molar-refractivity contribution >= 4 is 36.0 Å². The Morgan fingerprint density at radius 3 is 1.73 bits per heavy atom. The predicted octanol–water partition coefficient (Wildman–Crippen LogP) is 2.72. The standard InChI is InChI=1S/C17H21BrN2O4S2/c1-25(21,22)19-12-2-3-13-20-26(23,24)17-10-6-15(7-11-17)14-4-8-16(18)9-5-14/h4-11,19-20H,2-3,12-13H2,1H3. The van der Waals surface area contributed by atoms with Crippen LogP contribution in [0.1, 0.15) is 12.8 Å². The quantitative estimate of drug-likeness (QED) is 0.562. The Balaban J connectivity index is 1.89. The van der Waals surface area contributed by atoms with Gasteiger partial charge in [0.1, 0.15) is 0 Å². The molecule has 0 heterocycles. The number of nitrogens with one attached hydrogen (secondary N) is 2. The molecule has 2 aromatic carbocycles. The van der Waals surface area contributed by atoms with Gasteiger partial charge in [-0.3, -0.25) is 0 Å². The number of hydrogen-bond donors (Lipinski definition) is 2. The highest BCUT2D eigenvalue weighted by Gasteiger charge is 2.13. The molecule has 0 saturated heterocycles. The summed E-state index contributed by atoms with van der Waals surface area (Å²) in [5.74, 6) is 0. The Morgan fingerprint density at radius 2 is 1.23 bits per heavy atom.